The molecule has 1 aromatic rings. The normalized spacial score (nSPS) is 16.8. The van der Waals surface area contributed by atoms with Crippen LogP contribution in [0.1, 0.15) is 19.3 Å². The van der Waals surface area contributed by atoms with E-state index in [0.29, 0.717) is 6.61 Å². The summed E-state index contributed by atoms with van der Waals surface area (Å²) in [5.41, 5.74) is 1.09. The van der Waals surface area contributed by atoms with Crippen LogP contribution in [0.15, 0.2) is 18.2 Å². The monoisotopic (exact) mass is 261 g/mol. The number of aliphatic hydroxyl groups is 1. The third kappa shape index (κ3) is 4.51. The van der Waals surface area contributed by atoms with Gasteiger partial charge in [0.1, 0.15) is 5.82 Å². The lowest BCUT2D eigenvalue weighted by Crippen LogP contribution is -2.47. The van der Waals surface area contributed by atoms with Gasteiger partial charge in [0.2, 0.25) is 0 Å². The lowest BCUT2D eigenvalue weighted by atomic mass is 10.0. The van der Waals surface area contributed by atoms with Gasteiger partial charge in [0.15, 0.2) is 7.85 Å². The molecular formula is C14H24BN3O. The maximum absolute atomic E-state index is 8.76. The lowest BCUT2D eigenvalue weighted by molar-refractivity contribution is 0.242. The van der Waals surface area contributed by atoms with Crippen molar-refractivity contribution in [3.63, 3.8) is 0 Å². The van der Waals surface area contributed by atoms with E-state index < -0.39 is 0 Å². The number of piperazine rings is 1. The topological polar surface area (TPSA) is 39.6 Å². The summed E-state index contributed by atoms with van der Waals surface area (Å²) >= 11 is 0. The molecule has 0 spiro atoms. The smallest absolute Gasteiger partial charge is 0.164 e. The molecule has 4 nitrogen and oxygen atoms in total. The fourth-order valence-electron chi connectivity index (χ4n) is 2.53. The zero-order chi connectivity index (χ0) is 13.5. The Morgan fingerprint density at radius 2 is 1.89 bits per heavy atom. The van der Waals surface area contributed by atoms with Crippen molar-refractivity contribution in [2.24, 2.45) is 0 Å². The van der Waals surface area contributed by atoms with Gasteiger partial charge in [0.05, 0.1) is 0 Å². The van der Waals surface area contributed by atoms with Crippen LogP contribution in [0, 0.1) is 0 Å². The number of pyridine rings is 1. The Morgan fingerprint density at radius 3 is 2.58 bits per heavy atom. The predicted octanol–water partition coefficient (Wildman–Crippen LogP) is -0.375. The fourth-order valence-corrected chi connectivity index (χ4v) is 2.53. The number of hydrogen-bond donors (Lipinski definition) is 1. The second kappa shape index (κ2) is 7.51. The average molecular weight is 261 g/mol. The number of aromatic nitrogens is 1. The van der Waals surface area contributed by atoms with Crippen LogP contribution < -0.4 is 10.5 Å². The van der Waals surface area contributed by atoms with Crippen LogP contribution in [0.4, 0.5) is 5.82 Å². The first kappa shape index (κ1) is 14.3. The van der Waals surface area contributed by atoms with Crippen LogP contribution in [-0.4, -0.2) is 62.2 Å². The van der Waals surface area contributed by atoms with Crippen molar-refractivity contribution in [3.05, 3.63) is 18.2 Å². The molecule has 0 saturated carbocycles. The van der Waals surface area contributed by atoms with Gasteiger partial charge < -0.3 is 10.0 Å². The van der Waals surface area contributed by atoms with Crippen LogP contribution >= 0.6 is 0 Å². The number of hydrogen-bond acceptors (Lipinski definition) is 4. The summed E-state index contributed by atoms with van der Waals surface area (Å²) in [6.07, 6.45) is 3.27. The molecule has 2 heterocycles. The number of aliphatic hydroxyl groups excluding tert-OH is 1. The van der Waals surface area contributed by atoms with Crippen molar-refractivity contribution in [3.8, 4) is 0 Å². The van der Waals surface area contributed by atoms with Gasteiger partial charge >= 0.3 is 0 Å². The summed E-state index contributed by atoms with van der Waals surface area (Å²) in [4.78, 5) is 9.48. The molecule has 1 saturated heterocycles. The molecule has 0 radical (unpaired) electrons. The highest BCUT2D eigenvalue weighted by Gasteiger charge is 2.17. The molecule has 0 aliphatic carbocycles. The Labute approximate surface area is 116 Å². The van der Waals surface area contributed by atoms with Crippen molar-refractivity contribution < 1.29 is 5.11 Å². The Balaban J connectivity index is 1.73. The first-order valence-corrected chi connectivity index (χ1v) is 7.31. The van der Waals surface area contributed by atoms with E-state index in [2.05, 4.69) is 26.9 Å². The molecule has 2 rings (SSSR count). The number of nitrogens with zero attached hydrogens (tertiary/aromatic N) is 3. The fraction of sp³-hybridized carbons (Fsp3) is 0.643. The van der Waals surface area contributed by atoms with Crippen molar-refractivity contribution >= 4 is 19.3 Å². The van der Waals surface area contributed by atoms with Gasteiger partial charge in [-0.3, -0.25) is 4.90 Å². The number of rotatable bonds is 6. The molecule has 1 N–H and O–H groups in total. The molecule has 0 atom stereocenters. The molecule has 0 aromatic carbocycles. The van der Waals surface area contributed by atoms with Crippen molar-refractivity contribution in [1.82, 2.24) is 9.88 Å². The molecule has 0 amide bonds. The van der Waals surface area contributed by atoms with E-state index in [1.54, 1.807) is 0 Å². The molecule has 104 valence electrons. The standard InChI is InChI=1S/C14H24BN3O/c15-13-5-4-6-14(16-13)18-10-8-17(9-11-18)7-2-1-3-12-19/h4-6,19H,1-3,7-12,15H2. The van der Waals surface area contributed by atoms with Gasteiger partial charge in [0.25, 0.3) is 0 Å². The van der Waals surface area contributed by atoms with Crippen molar-refractivity contribution in [1.29, 1.82) is 0 Å². The van der Waals surface area contributed by atoms with E-state index in [4.69, 9.17) is 5.11 Å². The molecule has 1 aliphatic heterocycles. The van der Waals surface area contributed by atoms with E-state index in [-0.39, 0.29) is 0 Å². The summed E-state index contributed by atoms with van der Waals surface area (Å²) in [6, 6.07) is 6.23. The zero-order valence-corrected chi connectivity index (χ0v) is 11.9. The minimum absolute atomic E-state index is 0.326. The highest BCUT2D eigenvalue weighted by atomic mass is 16.2. The van der Waals surface area contributed by atoms with Gasteiger partial charge in [-0.1, -0.05) is 12.1 Å². The van der Waals surface area contributed by atoms with E-state index in [1.165, 1.54) is 6.42 Å². The summed E-state index contributed by atoms with van der Waals surface area (Å²) in [5, 5.41) is 8.76. The van der Waals surface area contributed by atoms with Gasteiger partial charge in [-0.25, -0.2) is 4.98 Å². The second-order valence-electron chi connectivity index (χ2n) is 5.25. The quantitative estimate of drug-likeness (QED) is 0.560. The molecule has 1 aliphatic rings. The average Bonchev–Trinajstić information content (AvgIpc) is 2.44. The van der Waals surface area contributed by atoms with Gasteiger partial charge in [-0.15, -0.1) is 0 Å². The second-order valence-corrected chi connectivity index (χ2v) is 5.25. The Hall–Kier alpha value is -1.07. The van der Waals surface area contributed by atoms with Gasteiger partial charge in [0, 0.05) is 32.8 Å². The minimum Gasteiger partial charge on any atom is -0.396 e. The highest BCUT2D eigenvalue weighted by molar-refractivity contribution is 6.30. The summed E-state index contributed by atoms with van der Waals surface area (Å²) in [5.74, 6) is 1.11. The van der Waals surface area contributed by atoms with Crippen LogP contribution in [0.25, 0.3) is 0 Å². The van der Waals surface area contributed by atoms with Crippen LogP contribution in [0.2, 0.25) is 0 Å². The van der Waals surface area contributed by atoms with E-state index in [1.807, 2.05) is 13.9 Å². The summed E-state index contributed by atoms with van der Waals surface area (Å²) < 4.78 is 0. The van der Waals surface area contributed by atoms with E-state index in [9.17, 15) is 0 Å². The SMILES string of the molecule is Bc1cccc(N2CCN(CCCCCO)CC2)n1. The van der Waals surface area contributed by atoms with Gasteiger partial charge in [-0.05, 0) is 37.5 Å². The number of unbranched alkanes of at least 4 members (excludes halogenated alkanes) is 2. The Kier molecular flexibility index (Phi) is 5.67. The number of anilines is 1. The molecule has 1 aromatic heterocycles. The molecule has 19 heavy (non-hydrogen) atoms. The lowest BCUT2D eigenvalue weighted by Gasteiger charge is -2.35. The van der Waals surface area contributed by atoms with E-state index >= 15 is 0 Å². The molecule has 0 bridgehead atoms. The van der Waals surface area contributed by atoms with E-state index in [0.717, 1.165) is 57.0 Å². The summed E-state index contributed by atoms with van der Waals surface area (Å²) in [6.45, 7) is 5.86. The third-order valence-corrected chi connectivity index (χ3v) is 3.70. The first-order valence-electron chi connectivity index (χ1n) is 7.31. The first-order chi connectivity index (χ1) is 9.29. The molecule has 5 heteroatoms. The molecule has 0 unspecified atom stereocenters. The van der Waals surface area contributed by atoms with Crippen LogP contribution in [-0.2, 0) is 0 Å². The molecule has 1 fully saturated rings. The predicted molar refractivity (Wildman–Crippen MR) is 82.0 cm³/mol. The largest absolute Gasteiger partial charge is 0.396 e. The van der Waals surface area contributed by atoms with Crippen LogP contribution in [0.5, 0.6) is 0 Å². The van der Waals surface area contributed by atoms with Crippen molar-refractivity contribution in [2.45, 2.75) is 19.3 Å². The molecular weight excluding hydrogens is 237 g/mol. The Bertz CT molecular complexity index is 381. The maximum Gasteiger partial charge on any atom is 0.164 e. The third-order valence-electron chi connectivity index (χ3n) is 3.70. The van der Waals surface area contributed by atoms with Crippen LogP contribution in [0.3, 0.4) is 0 Å². The summed E-state index contributed by atoms with van der Waals surface area (Å²) in [7, 11) is 2.04. The zero-order valence-electron chi connectivity index (χ0n) is 11.9. The highest BCUT2D eigenvalue weighted by Crippen LogP contribution is 2.12. The Morgan fingerprint density at radius 1 is 1.11 bits per heavy atom. The maximum atomic E-state index is 8.76. The van der Waals surface area contributed by atoms with Gasteiger partial charge in [-0.2, -0.15) is 0 Å². The van der Waals surface area contributed by atoms with Crippen molar-refractivity contribution in [2.75, 3.05) is 44.2 Å². The minimum atomic E-state index is 0.326.